The summed E-state index contributed by atoms with van der Waals surface area (Å²) in [4.78, 5) is 11.6. The van der Waals surface area contributed by atoms with Crippen molar-refractivity contribution < 1.29 is 42.0 Å². The molecule has 0 saturated heterocycles. The number of ether oxygens (including phenoxy) is 5. The molecule has 0 aliphatic rings. The van der Waals surface area contributed by atoms with Crippen molar-refractivity contribution >= 4 is 21.7 Å². The number of sulfonamides is 1. The van der Waals surface area contributed by atoms with Crippen LogP contribution in [0.5, 0.6) is 17.2 Å². The summed E-state index contributed by atoms with van der Waals surface area (Å²) in [5, 5.41) is 9.52. The highest BCUT2D eigenvalue weighted by Gasteiger charge is 2.22. The van der Waals surface area contributed by atoms with E-state index in [2.05, 4.69) is 4.72 Å². The zero-order chi connectivity index (χ0) is 22.9. The molecule has 170 valence electrons. The van der Waals surface area contributed by atoms with Gasteiger partial charge in [0, 0.05) is 26.4 Å². The quantitative estimate of drug-likeness (QED) is 0.437. The lowest BCUT2D eigenvalue weighted by Gasteiger charge is -2.16. The van der Waals surface area contributed by atoms with Gasteiger partial charge in [-0.3, -0.25) is 4.72 Å². The molecule has 11 heteroatoms. The smallest absolute Gasteiger partial charge is 0.337 e. The van der Waals surface area contributed by atoms with Crippen LogP contribution in [-0.4, -0.2) is 67.3 Å². The van der Waals surface area contributed by atoms with Crippen molar-refractivity contribution in [1.29, 1.82) is 0 Å². The number of hydrogen-bond donors (Lipinski definition) is 2. The fourth-order valence-corrected chi connectivity index (χ4v) is 3.56. The van der Waals surface area contributed by atoms with E-state index in [4.69, 9.17) is 23.7 Å². The Morgan fingerprint density at radius 2 is 1.52 bits per heavy atom. The second kappa shape index (κ2) is 11.4. The van der Waals surface area contributed by atoms with Crippen LogP contribution < -0.4 is 18.9 Å². The summed E-state index contributed by atoms with van der Waals surface area (Å²) in [5.74, 6) is -0.542. The van der Waals surface area contributed by atoms with Crippen LogP contribution in [0.4, 0.5) is 5.69 Å². The summed E-state index contributed by atoms with van der Waals surface area (Å²) >= 11 is 0. The minimum Gasteiger partial charge on any atom is -0.493 e. The number of methoxy groups -OCH3 is 3. The zero-order valence-electron chi connectivity index (χ0n) is 17.4. The number of aromatic carboxylic acids is 1. The lowest BCUT2D eigenvalue weighted by molar-refractivity contribution is 0.0697. The van der Waals surface area contributed by atoms with Crippen LogP contribution in [0.1, 0.15) is 10.4 Å². The first-order chi connectivity index (χ1) is 14.8. The molecule has 0 atom stereocenters. The van der Waals surface area contributed by atoms with E-state index in [0.717, 1.165) is 0 Å². The number of hydrogen-bond acceptors (Lipinski definition) is 8. The lowest BCUT2D eigenvalue weighted by Crippen LogP contribution is -2.16. The SMILES string of the molecule is COCCOc1ccc(S(=O)(=O)Nc2cc(OCCOC)c(OC)cc2C(=O)O)cc1. The molecule has 2 aromatic carbocycles. The molecule has 0 spiro atoms. The molecule has 2 rings (SSSR count). The predicted octanol–water partition coefficient (Wildman–Crippen LogP) is 2.24. The molecule has 31 heavy (non-hydrogen) atoms. The van der Waals surface area contributed by atoms with E-state index < -0.39 is 16.0 Å². The number of rotatable bonds is 13. The van der Waals surface area contributed by atoms with Gasteiger partial charge in [-0.05, 0) is 24.3 Å². The van der Waals surface area contributed by atoms with Gasteiger partial charge in [0.25, 0.3) is 10.0 Å². The fourth-order valence-electron chi connectivity index (χ4n) is 2.49. The van der Waals surface area contributed by atoms with E-state index in [1.807, 2.05) is 0 Å². The van der Waals surface area contributed by atoms with E-state index in [-0.39, 0.29) is 40.9 Å². The number of nitrogens with one attached hydrogen (secondary N) is 1. The third kappa shape index (κ3) is 6.74. The van der Waals surface area contributed by atoms with Crippen molar-refractivity contribution in [3.05, 3.63) is 42.0 Å². The van der Waals surface area contributed by atoms with Crippen molar-refractivity contribution in [1.82, 2.24) is 0 Å². The first-order valence-electron chi connectivity index (χ1n) is 9.14. The van der Waals surface area contributed by atoms with Gasteiger partial charge in [0.2, 0.25) is 0 Å². The minimum absolute atomic E-state index is 0.0689. The summed E-state index contributed by atoms with van der Waals surface area (Å²) < 4.78 is 53.8. The summed E-state index contributed by atoms with van der Waals surface area (Å²) in [6, 6.07) is 8.15. The van der Waals surface area contributed by atoms with Crippen LogP contribution in [0.25, 0.3) is 0 Å². The molecule has 0 fully saturated rings. The summed E-state index contributed by atoms with van der Waals surface area (Å²) in [7, 11) is 0.311. The Morgan fingerprint density at radius 3 is 2.06 bits per heavy atom. The van der Waals surface area contributed by atoms with Crippen LogP contribution >= 0.6 is 0 Å². The number of anilines is 1. The number of carbonyl (C=O) groups is 1. The first kappa shape index (κ1) is 24.3. The second-order valence-corrected chi connectivity index (χ2v) is 7.80. The zero-order valence-corrected chi connectivity index (χ0v) is 18.2. The topological polar surface area (TPSA) is 130 Å². The molecule has 0 aliphatic heterocycles. The van der Waals surface area contributed by atoms with Gasteiger partial charge in [0.15, 0.2) is 11.5 Å². The molecule has 0 amide bonds. The molecule has 0 radical (unpaired) electrons. The molecule has 0 aliphatic carbocycles. The Morgan fingerprint density at radius 1 is 0.903 bits per heavy atom. The van der Waals surface area contributed by atoms with Gasteiger partial charge in [0.05, 0.1) is 36.5 Å². The Hall–Kier alpha value is -3.02. The van der Waals surface area contributed by atoms with Crippen molar-refractivity contribution in [2.75, 3.05) is 52.5 Å². The Balaban J connectivity index is 2.31. The van der Waals surface area contributed by atoms with Crippen LogP contribution in [0.2, 0.25) is 0 Å². The van der Waals surface area contributed by atoms with Crippen LogP contribution in [0.15, 0.2) is 41.3 Å². The predicted molar refractivity (Wildman–Crippen MR) is 112 cm³/mol. The largest absolute Gasteiger partial charge is 0.493 e. The third-order valence-corrected chi connectivity index (χ3v) is 5.40. The highest BCUT2D eigenvalue weighted by molar-refractivity contribution is 7.92. The van der Waals surface area contributed by atoms with Crippen molar-refractivity contribution in [2.45, 2.75) is 4.90 Å². The molecule has 2 aromatic rings. The van der Waals surface area contributed by atoms with Gasteiger partial charge in [-0.2, -0.15) is 0 Å². The van der Waals surface area contributed by atoms with Gasteiger partial charge in [-0.15, -0.1) is 0 Å². The molecule has 0 bridgehead atoms. The fraction of sp³-hybridized carbons (Fsp3) is 0.350. The molecule has 0 heterocycles. The standard InChI is InChI=1S/C20H25NO9S/c1-26-8-10-29-14-4-6-15(7-5-14)31(24,25)21-17-13-19(30-11-9-27-2)18(28-3)12-16(17)20(22)23/h4-7,12-13,21H,8-11H2,1-3H3,(H,22,23). The van der Waals surface area contributed by atoms with E-state index >= 15 is 0 Å². The van der Waals surface area contributed by atoms with E-state index in [1.165, 1.54) is 50.6 Å². The Labute approximate surface area is 180 Å². The van der Waals surface area contributed by atoms with Gasteiger partial charge < -0.3 is 28.8 Å². The average Bonchev–Trinajstić information content (AvgIpc) is 2.74. The maximum atomic E-state index is 12.8. The van der Waals surface area contributed by atoms with Crippen molar-refractivity contribution in [3.8, 4) is 17.2 Å². The highest BCUT2D eigenvalue weighted by atomic mass is 32.2. The summed E-state index contributed by atoms with van der Waals surface area (Å²) in [6.07, 6.45) is 0. The van der Waals surface area contributed by atoms with Crippen LogP contribution in [0.3, 0.4) is 0 Å². The number of benzene rings is 2. The van der Waals surface area contributed by atoms with E-state index in [1.54, 1.807) is 7.11 Å². The Kier molecular flexibility index (Phi) is 8.91. The second-order valence-electron chi connectivity index (χ2n) is 6.11. The molecular formula is C20H25NO9S. The average molecular weight is 455 g/mol. The van der Waals surface area contributed by atoms with Crippen molar-refractivity contribution in [2.24, 2.45) is 0 Å². The lowest BCUT2D eigenvalue weighted by atomic mass is 10.1. The van der Waals surface area contributed by atoms with Crippen LogP contribution in [-0.2, 0) is 19.5 Å². The van der Waals surface area contributed by atoms with Crippen LogP contribution in [0, 0.1) is 0 Å². The third-order valence-electron chi connectivity index (χ3n) is 4.01. The summed E-state index contributed by atoms with van der Waals surface area (Å²) in [6.45, 7) is 1.16. The molecule has 10 nitrogen and oxygen atoms in total. The maximum Gasteiger partial charge on any atom is 0.337 e. The van der Waals surface area contributed by atoms with E-state index in [9.17, 15) is 18.3 Å². The highest BCUT2D eigenvalue weighted by Crippen LogP contribution is 2.35. The minimum atomic E-state index is -4.09. The molecule has 0 saturated carbocycles. The maximum absolute atomic E-state index is 12.8. The van der Waals surface area contributed by atoms with Gasteiger partial charge in [-0.1, -0.05) is 0 Å². The van der Waals surface area contributed by atoms with Crippen molar-refractivity contribution in [3.63, 3.8) is 0 Å². The number of carboxylic acid groups (broad SMARTS) is 1. The van der Waals surface area contributed by atoms with E-state index in [0.29, 0.717) is 19.0 Å². The van der Waals surface area contributed by atoms with Gasteiger partial charge in [0.1, 0.15) is 19.0 Å². The molecule has 0 aromatic heterocycles. The molecular weight excluding hydrogens is 430 g/mol. The van der Waals surface area contributed by atoms with Gasteiger partial charge >= 0.3 is 5.97 Å². The molecule has 2 N–H and O–H groups in total. The van der Waals surface area contributed by atoms with Gasteiger partial charge in [-0.25, -0.2) is 13.2 Å². The monoisotopic (exact) mass is 455 g/mol. The summed E-state index contributed by atoms with van der Waals surface area (Å²) in [5.41, 5.74) is -0.458. The Bertz CT molecular complexity index is 975. The number of carboxylic acids is 1. The first-order valence-corrected chi connectivity index (χ1v) is 10.6. The normalized spacial score (nSPS) is 11.1. The molecule has 0 unspecified atom stereocenters.